The molecule has 21 heavy (non-hydrogen) atoms. The van der Waals surface area contributed by atoms with Gasteiger partial charge in [-0.15, -0.1) is 0 Å². The van der Waals surface area contributed by atoms with Crippen LogP contribution in [0, 0.1) is 0 Å². The Morgan fingerprint density at radius 1 is 1.24 bits per heavy atom. The number of benzene rings is 1. The van der Waals surface area contributed by atoms with Gasteiger partial charge >= 0.3 is 0 Å². The zero-order chi connectivity index (χ0) is 15.7. The molecule has 0 aliphatic carbocycles. The van der Waals surface area contributed by atoms with Crippen LogP contribution in [0.2, 0.25) is 0 Å². The number of rotatable bonds is 9. The van der Waals surface area contributed by atoms with Crippen molar-refractivity contribution in [2.75, 3.05) is 19.7 Å². The quantitative estimate of drug-likeness (QED) is 0.760. The van der Waals surface area contributed by atoms with Crippen molar-refractivity contribution < 1.29 is 9.53 Å². The molecule has 0 heterocycles. The van der Waals surface area contributed by atoms with E-state index in [0.717, 1.165) is 25.2 Å². The van der Waals surface area contributed by atoms with E-state index in [1.165, 1.54) is 5.56 Å². The maximum Gasteiger partial charge on any atom is 0.249 e. The normalized spacial score (nSPS) is 12.4. The molecule has 1 aromatic carbocycles. The summed E-state index contributed by atoms with van der Waals surface area (Å²) in [6.45, 7) is 12.1. The summed E-state index contributed by atoms with van der Waals surface area (Å²) in [6.07, 6.45) is -0.395. The van der Waals surface area contributed by atoms with Gasteiger partial charge in [-0.05, 0) is 38.1 Å². The molecule has 0 bridgehead atoms. The minimum Gasteiger partial charge on any atom is -0.369 e. The molecule has 0 saturated heterocycles. The van der Waals surface area contributed by atoms with Gasteiger partial charge in [0.25, 0.3) is 0 Å². The smallest absolute Gasteiger partial charge is 0.249 e. The number of nitrogens with one attached hydrogen (secondary N) is 1. The molecule has 1 amide bonds. The van der Waals surface area contributed by atoms with Crippen molar-refractivity contribution in [3.63, 3.8) is 0 Å². The molecule has 1 rings (SSSR count). The van der Waals surface area contributed by atoms with E-state index < -0.39 is 6.10 Å². The second-order valence-electron chi connectivity index (χ2n) is 5.10. The van der Waals surface area contributed by atoms with Crippen molar-refractivity contribution in [2.24, 2.45) is 0 Å². The van der Waals surface area contributed by atoms with Crippen LogP contribution in [0.15, 0.2) is 24.3 Å². The fourth-order valence-corrected chi connectivity index (χ4v) is 2.20. The van der Waals surface area contributed by atoms with Gasteiger partial charge in [0.05, 0.1) is 0 Å². The standard InChI is InChI=1S/C17H28N2O2/c1-5-19(6-2)13-16-10-8-9-15(11-16)12-18-17(20)14(4)21-7-3/h8-11,14H,5-7,12-13H2,1-4H3,(H,18,20). The van der Waals surface area contributed by atoms with Crippen molar-refractivity contribution in [2.45, 2.75) is 46.9 Å². The van der Waals surface area contributed by atoms with Gasteiger partial charge in [0, 0.05) is 19.7 Å². The van der Waals surface area contributed by atoms with Gasteiger partial charge in [0.1, 0.15) is 6.10 Å². The molecule has 4 heteroatoms. The van der Waals surface area contributed by atoms with Crippen LogP contribution in [0.4, 0.5) is 0 Å². The second kappa shape index (κ2) is 9.53. The van der Waals surface area contributed by atoms with Crippen LogP contribution >= 0.6 is 0 Å². The van der Waals surface area contributed by atoms with Crippen molar-refractivity contribution in [1.82, 2.24) is 10.2 Å². The maximum absolute atomic E-state index is 11.8. The highest BCUT2D eigenvalue weighted by Gasteiger charge is 2.11. The number of nitrogens with zero attached hydrogens (tertiary/aromatic N) is 1. The number of carbonyl (C=O) groups is 1. The van der Waals surface area contributed by atoms with E-state index in [0.29, 0.717) is 13.2 Å². The molecular formula is C17H28N2O2. The Labute approximate surface area is 128 Å². The molecule has 0 spiro atoms. The first-order valence-electron chi connectivity index (χ1n) is 7.80. The minimum atomic E-state index is -0.395. The Bertz CT molecular complexity index is 431. The zero-order valence-electron chi connectivity index (χ0n) is 13.7. The Morgan fingerprint density at radius 3 is 2.52 bits per heavy atom. The number of hydrogen-bond donors (Lipinski definition) is 1. The van der Waals surface area contributed by atoms with Crippen LogP contribution < -0.4 is 5.32 Å². The van der Waals surface area contributed by atoms with E-state index in [2.05, 4.69) is 36.2 Å². The van der Waals surface area contributed by atoms with E-state index in [1.54, 1.807) is 6.92 Å². The molecule has 0 radical (unpaired) electrons. The van der Waals surface area contributed by atoms with Crippen LogP contribution in [-0.2, 0) is 22.6 Å². The highest BCUT2D eigenvalue weighted by molar-refractivity contribution is 5.80. The lowest BCUT2D eigenvalue weighted by atomic mass is 10.1. The monoisotopic (exact) mass is 292 g/mol. The lowest BCUT2D eigenvalue weighted by Gasteiger charge is -2.18. The highest BCUT2D eigenvalue weighted by atomic mass is 16.5. The largest absolute Gasteiger partial charge is 0.369 e. The molecular weight excluding hydrogens is 264 g/mol. The van der Waals surface area contributed by atoms with Crippen LogP contribution in [0.25, 0.3) is 0 Å². The van der Waals surface area contributed by atoms with Crippen molar-refractivity contribution >= 4 is 5.91 Å². The topological polar surface area (TPSA) is 41.6 Å². The fourth-order valence-electron chi connectivity index (χ4n) is 2.20. The third kappa shape index (κ3) is 6.27. The fraction of sp³-hybridized carbons (Fsp3) is 0.588. The van der Waals surface area contributed by atoms with Crippen molar-refractivity contribution in [1.29, 1.82) is 0 Å². The molecule has 1 aromatic rings. The van der Waals surface area contributed by atoms with Gasteiger partial charge in [-0.25, -0.2) is 0 Å². The average molecular weight is 292 g/mol. The van der Waals surface area contributed by atoms with Gasteiger partial charge in [0.15, 0.2) is 0 Å². The highest BCUT2D eigenvalue weighted by Crippen LogP contribution is 2.08. The van der Waals surface area contributed by atoms with Gasteiger partial charge in [-0.2, -0.15) is 0 Å². The van der Waals surface area contributed by atoms with Gasteiger partial charge in [-0.3, -0.25) is 9.69 Å². The minimum absolute atomic E-state index is 0.0639. The average Bonchev–Trinajstić information content (AvgIpc) is 2.50. The van der Waals surface area contributed by atoms with E-state index >= 15 is 0 Å². The molecule has 1 unspecified atom stereocenters. The first kappa shape index (κ1) is 17.7. The van der Waals surface area contributed by atoms with Crippen molar-refractivity contribution in [3.8, 4) is 0 Å². The molecule has 0 fully saturated rings. The van der Waals surface area contributed by atoms with Gasteiger partial charge in [0.2, 0.25) is 5.91 Å². The summed E-state index contributed by atoms with van der Waals surface area (Å²) in [5.41, 5.74) is 2.40. The summed E-state index contributed by atoms with van der Waals surface area (Å²) in [6, 6.07) is 8.38. The summed E-state index contributed by atoms with van der Waals surface area (Å²) in [4.78, 5) is 14.2. The summed E-state index contributed by atoms with van der Waals surface area (Å²) in [5, 5.41) is 2.91. The lowest BCUT2D eigenvalue weighted by molar-refractivity contribution is -0.131. The number of carbonyl (C=O) groups excluding carboxylic acids is 1. The maximum atomic E-state index is 11.8. The molecule has 1 atom stereocenters. The summed E-state index contributed by atoms with van der Waals surface area (Å²) in [7, 11) is 0. The van der Waals surface area contributed by atoms with E-state index in [1.807, 2.05) is 19.1 Å². The van der Waals surface area contributed by atoms with Crippen molar-refractivity contribution in [3.05, 3.63) is 35.4 Å². The van der Waals surface area contributed by atoms with E-state index in [-0.39, 0.29) is 5.91 Å². The first-order valence-corrected chi connectivity index (χ1v) is 7.80. The van der Waals surface area contributed by atoms with E-state index in [9.17, 15) is 4.79 Å². The summed E-state index contributed by atoms with van der Waals surface area (Å²) in [5.74, 6) is -0.0639. The van der Waals surface area contributed by atoms with Gasteiger partial charge in [-0.1, -0.05) is 38.1 Å². The Morgan fingerprint density at radius 2 is 1.90 bits per heavy atom. The van der Waals surface area contributed by atoms with Gasteiger partial charge < -0.3 is 10.1 Å². The number of hydrogen-bond acceptors (Lipinski definition) is 3. The Balaban J connectivity index is 2.54. The molecule has 0 aliphatic rings. The summed E-state index contributed by atoms with van der Waals surface area (Å²) < 4.78 is 5.28. The van der Waals surface area contributed by atoms with Crippen LogP contribution in [-0.4, -0.2) is 36.6 Å². The Hall–Kier alpha value is -1.39. The predicted molar refractivity (Wildman–Crippen MR) is 86.0 cm³/mol. The predicted octanol–water partition coefficient (Wildman–Crippen LogP) is 2.57. The molecule has 1 N–H and O–H groups in total. The Kier molecular flexibility index (Phi) is 8.01. The van der Waals surface area contributed by atoms with Crippen LogP contribution in [0.1, 0.15) is 38.8 Å². The zero-order valence-corrected chi connectivity index (χ0v) is 13.7. The number of ether oxygens (including phenoxy) is 1. The van der Waals surface area contributed by atoms with Crippen LogP contribution in [0.5, 0.6) is 0 Å². The molecule has 0 saturated carbocycles. The molecule has 118 valence electrons. The lowest BCUT2D eigenvalue weighted by Crippen LogP contribution is -2.34. The second-order valence-corrected chi connectivity index (χ2v) is 5.10. The molecule has 0 aromatic heterocycles. The molecule has 0 aliphatic heterocycles. The molecule has 4 nitrogen and oxygen atoms in total. The first-order chi connectivity index (χ1) is 10.1. The van der Waals surface area contributed by atoms with E-state index in [4.69, 9.17) is 4.74 Å². The SMILES string of the molecule is CCOC(C)C(=O)NCc1cccc(CN(CC)CC)c1. The third-order valence-electron chi connectivity index (χ3n) is 3.54. The van der Waals surface area contributed by atoms with Crippen LogP contribution in [0.3, 0.4) is 0 Å². The summed E-state index contributed by atoms with van der Waals surface area (Å²) >= 11 is 0. The number of amides is 1. The third-order valence-corrected chi connectivity index (χ3v) is 3.54.